The van der Waals surface area contributed by atoms with Crippen molar-refractivity contribution in [3.63, 3.8) is 0 Å². The van der Waals surface area contributed by atoms with E-state index in [1.165, 1.54) is 28.2 Å². The number of thiazole rings is 1. The number of cyclic esters (lactones) is 1. The van der Waals surface area contributed by atoms with Gasteiger partial charge in [-0.05, 0) is 61.6 Å². The molecule has 3 aromatic heterocycles. The second kappa shape index (κ2) is 18.8. The van der Waals surface area contributed by atoms with Gasteiger partial charge < -0.3 is 39.4 Å². The van der Waals surface area contributed by atoms with Gasteiger partial charge in [0.2, 0.25) is 17.5 Å². The highest BCUT2D eigenvalue weighted by Gasteiger charge is 2.49. The molecule has 4 amide bonds. The minimum Gasteiger partial charge on any atom is -0.462 e. The number of ether oxygens (including phenoxy) is 2. The number of pyridine rings is 1. The van der Waals surface area contributed by atoms with Crippen LogP contribution < -0.4 is 10.7 Å². The second-order valence-electron chi connectivity index (χ2n) is 18.5. The number of carbonyl (C=O) groups excluding carboxylic acids is 5. The number of hydrazine groups is 1. The van der Waals surface area contributed by atoms with E-state index in [0.29, 0.717) is 30.3 Å². The van der Waals surface area contributed by atoms with Gasteiger partial charge in [-0.15, -0.1) is 11.3 Å². The molecule has 3 aliphatic rings. The van der Waals surface area contributed by atoms with Crippen LogP contribution in [-0.4, -0.2) is 133 Å². The average Bonchev–Trinajstić information content (AvgIpc) is 4.00. The third kappa shape index (κ3) is 9.45. The van der Waals surface area contributed by atoms with Gasteiger partial charge >= 0.3 is 5.97 Å². The number of aryl methyl sites for hydroxylation is 1. The van der Waals surface area contributed by atoms with Crippen molar-refractivity contribution in [2.45, 2.75) is 103 Å². The van der Waals surface area contributed by atoms with Gasteiger partial charge in [0.1, 0.15) is 12.1 Å². The third-order valence-corrected chi connectivity index (χ3v) is 13.5. The van der Waals surface area contributed by atoms with E-state index in [9.17, 15) is 34.2 Å². The van der Waals surface area contributed by atoms with Crippen LogP contribution in [0.25, 0.3) is 33.4 Å². The fourth-order valence-corrected chi connectivity index (χ4v) is 10.2. The SMILES string of the molecule is C=CC(=O)N1CCC(O)(C(=O)N(C)[C@H](C(=O)N[C@H]2Cc3nc(cs3)-c3ccc4c(c3)c(c(-c3cccnc3COC)n4CC)CC(C)(C)COC(=O)[C@@]3(O)CCCN(N3)C2=O)C(C)C)C1. The highest BCUT2D eigenvalue weighted by atomic mass is 32.1. The molecule has 17 nitrogen and oxygen atoms in total. The summed E-state index contributed by atoms with van der Waals surface area (Å²) in [7, 11) is 3.05. The molecule has 3 aliphatic heterocycles. The van der Waals surface area contributed by atoms with Crippen molar-refractivity contribution in [1.82, 2.24) is 40.1 Å². The maximum Gasteiger partial charge on any atom is 0.355 e. The lowest BCUT2D eigenvalue weighted by Crippen LogP contribution is -2.67. The number of carbonyl (C=O) groups is 5. The topological polar surface area (TPSA) is 209 Å². The van der Waals surface area contributed by atoms with Gasteiger partial charge in [0.25, 0.3) is 11.8 Å². The van der Waals surface area contributed by atoms with Crippen molar-refractivity contribution in [3.05, 3.63) is 70.8 Å². The highest BCUT2D eigenvalue weighted by molar-refractivity contribution is 7.10. The third-order valence-electron chi connectivity index (χ3n) is 12.6. The molecule has 1 aromatic carbocycles. The Morgan fingerprint density at radius 3 is 2.65 bits per heavy atom. The van der Waals surface area contributed by atoms with E-state index in [-0.39, 0.29) is 51.9 Å². The van der Waals surface area contributed by atoms with E-state index in [0.717, 1.165) is 50.1 Å². The maximum absolute atomic E-state index is 14.6. The smallest absolute Gasteiger partial charge is 0.355 e. The number of likely N-dealkylation sites (tertiary alicyclic amines) is 1. The summed E-state index contributed by atoms with van der Waals surface area (Å²) in [5.74, 6) is -3.90. The summed E-state index contributed by atoms with van der Waals surface area (Å²) in [5.41, 5.74) is 4.08. The first-order chi connectivity index (χ1) is 30.8. The van der Waals surface area contributed by atoms with Crippen LogP contribution in [0.4, 0.5) is 0 Å². The van der Waals surface area contributed by atoms with Crippen molar-refractivity contribution >= 4 is 51.8 Å². The molecule has 2 fully saturated rings. The Hall–Kier alpha value is -5.53. The number of nitrogens with one attached hydrogen (secondary N) is 2. The largest absolute Gasteiger partial charge is 0.462 e. The maximum atomic E-state index is 14.6. The summed E-state index contributed by atoms with van der Waals surface area (Å²) in [6.07, 6.45) is 3.44. The van der Waals surface area contributed by atoms with Gasteiger partial charge in [0.15, 0.2) is 5.60 Å². The van der Waals surface area contributed by atoms with E-state index in [1.54, 1.807) is 27.2 Å². The zero-order chi connectivity index (χ0) is 47.0. The number of hydrogen-bond donors (Lipinski definition) is 4. The number of aliphatic hydroxyl groups is 2. The molecule has 4 atom stereocenters. The number of fused-ring (bicyclic) bond motifs is 6. The van der Waals surface area contributed by atoms with Crippen LogP contribution in [0.5, 0.6) is 0 Å². The summed E-state index contributed by atoms with van der Waals surface area (Å²) in [4.78, 5) is 81.4. The molecule has 7 rings (SSSR count). The Morgan fingerprint density at radius 1 is 1.17 bits per heavy atom. The molecule has 1 unspecified atom stereocenters. The summed E-state index contributed by atoms with van der Waals surface area (Å²) >= 11 is 1.32. The lowest BCUT2D eigenvalue weighted by atomic mass is 9.84. The molecule has 0 saturated carbocycles. The Bertz CT molecular complexity index is 2500. The predicted molar refractivity (Wildman–Crippen MR) is 244 cm³/mol. The number of nitrogens with zero attached hydrogens (tertiary/aromatic N) is 6. The van der Waals surface area contributed by atoms with Crippen molar-refractivity contribution in [2.75, 3.05) is 40.4 Å². The van der Waals surface area contributed by atoms with Gasteiger partial charge in [-0.25, -0.2) is 9.78 Å². The number of methoxy groups -OCH3 is 1. The first kappa shape index (κ1) is 47.4. The monoisotopic (exact) mass is 912 g/mol. The van der Waals surface area contributed by atoms with Crippen LogP contribution in [-0.2, 0) is 59.4 Å². The summed E-state index contributed by atoms with van der Waals surface area (Å²) in [5, 5.41) is 30.7. The van der Waals surface area contributed by atoms with Gasteiger partial charge in [0.05, 0.1) is 41.8 Å². The Morgan fingerprint density at radius 2 is 1.94 bits per heavy atom. The van der Waals surface area contributed by atoms with E-state index in [2.05, 4.69) is 45.9 Å². The Balaban J connectivity index is 1.28. The van der Waals surface area contributed by atoms with Crippen LogP contribution >= 0.6 is 11.3 Å². The summed E-state index contributed by atoms with van der Waals surface area (Å²) in [6, 6.07) is 7.71. The molecule has 6 heterocycles. The standard InChI is InChI=1S/C47H60N8O9S/c1-9-38(56)53-20-17-46(61,26-53)43(59)52(7)39(28(3)4)41(57)50-33-22-37-49-35(25-65-37)29-14-15-36-31(21-29)32(40(54(36)10-2)30-13-11-18-48-34(30)24-63-8)23-45(5,6)27-64-44(60)47(62)16-12-19-55(51-47)42(33)58/h9,11,13-15,18,21,25,28,33,39,51,61-62H,1,10,12,16-17,19-20,22-24,26-27H2,2-8H3,(H,50,57)/t33-,39-,46?,47-/m0/s1. The first-order valence-corrected chi connectivity index (χ1v) is 22.9. The molecular formula is C47H60N8O9S. The summed E-state index contributed by atoms with van der Waals surface area (Å²) < 4.78 is 13.8. The molecular weight excluding hydrogens is 853 g/mol. The fourth-order valence-electron chi connectivity index (χ4n) is 9.38. The molecule has 0 spiro atoms. The summed E-state index contributed by atoms with van der Waals surface area (Å²) in [6.45, 7) is 13.9. The Labute approximate surface area is 382 Å². The number of likely N-dealkylation sites (N-methyl/N-ethyl adjacent to an activating group) is 1. The molecule has 348 valence electrons. The lowest BCUT2D eigenvalue weighted by Gasteiger charge is -2.40. The zero-order valence-corrected chi connectivity index (χ0v) is 39.0. The zero-order valence-electron chi connectivity index (χ0n) is 38.2. The first-order valence-electron chi connectivity index (χ1n) is 22.1. The van der Waals surface area contributed by atoms with Gasteiger partial charge in [0, 0.05) is 92.1 Å². The van der Waals surface area contributed by atoms with Gasteiger partial charge in [-0.2, -0.15) is 5.43 Å². The van der Waals surface area contributed by atoms with Crippen LogP contribution in [0.3, 0.4) is 0 Å². The number of esters is 1. The minimum absolute atomic E-state index is 0.0290. The van der Waals surface area contributed by atoms with Crippen molar-refractivity contribution in [1.29, 1.82) is 0 Å². The molecule has 0 radical (unpaired) electrons. The van der Waals surface area contributed by atoms with Crippen LogP contribution in [0, 0.1) is 11.3 Å². The van der Waals surface area contributed by atoms with Gasteiger partial charge in [-0.3, -0.25) is 29.2 Å². The number of β-amino-alcohol motifs (C(OH)–C–C–N with tert-alkyl or cyclic N) is 1. The molecule has 0 aliphatic carbocycles. The van der Waals surface area contributed by atoms with Crippen LogP contribution in [0.1, 0.15) is 70.1 Å². The normalized spacial score (nSPS) is 23.0. The quantitative estimate of drug-likeness (QED) is 0.133. The number of amides is 4. The fraction of sp³-hybridized carbons (Fsp3) is 0.511. The van der Waals surface area contributed by atoms with Crippen LogP contribution in [0.15, 0.2) is 54.6 Å². The van der Waals surface area contributed by atoms with E-state index < -0.39 is 64.3 Å². The Kier molecular flexibility index (Phi) is 13.7. The minimum atomic E-state index is -2.26. The van der Waals surface area contributed by atoms with E-state index in [4.69, 9.17) is 14.5 Å². The molecule has 4 N–H and O–H groups in total. The highest BCUT2D eigenvalue weighted by Crippen LogP contribution is 2.41. The van der Waals surface area contributed by atoms with E-state index in [1.807, 2.05) is 37.4 Å². The lowest BCUT2D eigenvalue weighted by molar-refractivity contribution is -0.189. The molecule has 2 saturated heterocycles. The number of aromatic nitrogens is 3. The van der Waals surface area contributed by atoms with Crippen molar-refractivity contribution in [2.24, 2.45) is 11.3 Å². The number of benzene rings is 1. The molecule has 65 heavy (non-hydrogen) atoms. The van der Waals surface area contributed by atoms with Crippen LogP contribution in [0.2, 0.25) is 0 Å². The second-order valence-corrected chi connectivity index (χ2v) is 19.4. The number of hydrogen-bond acceptors (Lipinski definition) is 13. The molecule has 4 aromatic rings. The van der Waals surface area contributed by atoms with E-state index >= 15 is 0 Å². The average molecular weight is 913 g/mol. The number of rotatable bonds is 10. The van der Waals surface area contributed by atoms with Crippen molar-refractivity contribution < 1.29 is 43.7 Å². The molecule has 6 bridgehead atoms. The van der Waals surface area contributed by atoms with Gasteiger partial charge in [-0.1, -0.05) is 40.3 Å². The molecule has 18 heteroatoms. The predicted octanol–water partition coefficient (Wildman–Crippen LogP) is 3.59. The van der Waals surface area contributed by atoms with Crippen molar-refractivity contribution in [3.8, 4) is 22.5 Å².